The topological polar surface area (TPSA) is 96.0 Å². The zero-order valence-electron chi connectivity index (χ0n) is 23.6. The van der Waals surface area contributed by atoms with E-state index >= 15 is 0 Å². The van der Waals surface area contributed by atoms with Gasteiger partial charge in [-0.3, -0.25) is 13.9 Å². The molecule has 0 aliphatic heterocycles. The summed E-state index contributed by atoms with van der Waals surface area (Å²) in [5.41, 5.74) is 1.74. The minimum atomic E-state index is -4.21. The SMILES string of the molecule is CNC(=O)[C@@H](Cc1ccccc1)N(Cc1ccc(Cl)c(Cl)c1)C(=O)CN(c1ccccc1)S(=O)(=O)c1ccc(OC)cc1. The molecule has 4 aromatic carbocycles. The lowest BCUT2D eigenvalue weighted by Crippen LogP contribution is -2.53. The Bertz CT molecular complexity index is 1650. The van der Waals surface area contributed by atoms with Gasteiger partial charge in [-0.15, -0.1) is 0 Å². The van der Waals surface area contributed by atoms with E-state index in [-0.39, 0.29) is 17.9 Å². The van der Waals surface area contributed by atoms with Crippen molar-refractivity contribution in [1.82, 2.24) is 10.2 Å². The van der Waals surface area contributed by atoms with Crippen molar-refractivity contribution in [3.05, 3.63) is 124 Å². The van der Waals surface area contributed by atoms with Gasteiger partial charge in [0.1, 0.15) is 18.3 Å². The third kappa shape index (κ3) is 7.87. The van der Waals surface area contributed by atoms with Crippen LogP contribution in [0.15, 0.2) is 108 Å². The predicted octanol–water partition coefficient (Wildman–Crippen LogP) is 5.58. The molecule has 0 bridgehead atoms. The second kappa shape index (κ2) is 14.4. The predicted molar refractivity (Wildman–Crippen MR) is 169 cm³/mol. The lowest BCUT2D eigenvalue weighted by molar-refractivity contribution is -0.139. The number of rotatable bonds is 12. The molecule has 0 radical (unpaired) electrons. The number of benzene rings is 4. The maximum atomic E-state index is 14.3. The minimum absolute atomic E-state index is 0.0203. The average molecular weight is 641 g/mol. The molecule has 0 unspecified atom stereocenters. The van der Waals surface area contributed by atoms with Crippen molar-refractivity contribution in [2.24, 2.45) is 0 Å². The molecule has 0 aromatic heterocycles. The minimum Gasteiger partial charge on any atom is -0.497 e. The molecule has 0 saturated heterocycles. The average Bonchev–Trinajstić information content (AvgIpc) is 3.03. The number of sulfonamides is 1. The molecule has 1 N–H and O–H groups in total. The van der Waals surface area contributed by atoms with Crippen LogP contribution >= 0.6 is 23.2 Å². The molecule has 0 aliphatic rings. The lowest BCUT2D eigenvalue weighted by Gasteiger charge is -2.33. The van der Waals surface area contributed by atoms with Crippen LogP contribution in [0, 0.1) is 0 Å². The van der Waals surface area contributed by atoms with Crippen molar-refractivity contribution in [2.45, 2.75) is 23.9 Å². The van der Waals surface area contributed by atoms with E-state index in [2.05, 4.69) is 5.32 Å². The van der Waals surface area contributed by atoms with E-state index in [0.29, 0.717) is 27.0 Å². The fourth-order valence-corrected chi connectivity index (χ4v) is 6.29. The molecule has 0 fully saturated rings. The number of halogens is 2. The highest BCUT2D eigenvalue weighted by Crippen LogP contribution is 2.27. The van der Waals surface area contributed by atoms with Crippen molar-refractivity contribution in [1.29, 1.82) is 0 Å². The molecule has 4 aromatic rings. The molecule has 8 nitrogen and oxygen atoms in total. The van der Waals surface area contributed by atoms with Crippen molar-refractivity contribution in [2.75, 3.05) is 25.0 Å². The lowest BCUT2D eigenvalue weighted by atomic mass is 10.0. The summed E-state index contributed by atoms with van der Waals surface area (Å²) in [4.78, 5) is 28.9. The number of carbonyl (C=O) groups excluding carboxylic acids is 2. The van der Waals surface area contributed by atoms with Gasteiger partial charge in [-0.1, -0.05) is 77.8 Å². The number of nitrogens with zero attached hydrogens (tertiary/aromatic N) is 2. The van der Waals surface area contributed by atoms with Gasteiger partial charge in [0.2, 0.25) is 11.8 Å². The monoisotopic (exact) mass is 639 g/mol. The highest BCUT2D eigenvalue weighted by Gasteiger charge is 2.34. The van der Waals surface area contributed by atoms with Crippen LogP contribution in [0.4, 0.5) is 5.69 Å². The summed E-state index contributed by atoms with van der Waals surface area (Å²) < 4.78 is 34.2. The van der Waals surface area contributed by atoms with Gasteiger partial charge >= 0.3 is 0 Å². The Hall–Kier alpha value is -4.05. The summed E-state index contributed by atoms with van der Waals surface area (Å²) in [5, 5.41) is 3.29. The van der Waals surface area contributed by atoms with Gasteiger partial charge in [0.15, 0.2) is 0 Å². The van der Waals surface area contributed by atoms with E-state index in [1.165, 1.54) is 43.3 Å². The normalized spacial score (nSPS) is 11.8. The smallest absolute Gasteiger partial charge is 0.264 e. The number of likely N-dealkylation sites (N-methyl/N-ethyl adjacent to an activating group) is 1. The Kier molecular flexibility index (Phi) is 10.7. The number of nitrogens with one attached hydrogen (secondary N) is 1. The van der Waals surface area contributed by atoms with Crippen LogP contribution in [-0.4, -0.2) is 51.9 Å². The van der Waals surface area contributed by atoms with Gasteiger partial charge < -0.3 is 15.0 Å². The maximum Gasteiger partial charge on any atom is 0.264 e. The Labute approximate surface area is 261 Å². The molecule has 1 atom stereocenters. The zero-order valence-corrected chi connectivity index (χ0v) is 25.9. The first kappa shape index (κ1) is 31.9. The van der Waals surface area contributed by atoms with E-state index in [4.69, 9.17) is 27.9 Å². The van der Waals surface area contributed by atoms with Crippen LogP contribution in [-0.2, 0) is 32.6 Å². The number of hydrogen-bond donors (Lipinski definition) is 1. The van der Waals surface area contributed by atoms with E-state index in [1.54, 1.807) is 48.5 Å². The molecule has 2 amide bonds. The number of carbonyl (C=O) groups is 2. The van der Waals surface area contributed by atoms with Gasteiger partial charge in [0, 0.05) is 20.0 Å². The molecule has 0 aliphatic carbocycles. The molecule has 11 heteroatoms. The maximum absolute atomic E-state index is 14.3. The largest absolute Gasteiger partial charge is 0.497 e. The second-order valence-electron chi connectivity index (χ2n) is 9.61. The summed E-state index contributed by atoms with van der Waals surface area (Å²) in [7, 11) is -1.23. The molecular weight excluding hydrogens is 609 g/mol. The summed E-state index contributed by atoms with van der Waals surface area (Å²) >= 11 is 12.4. The zero-order chi connectivity index (χ0) is 31.0. The first-order valence-corrected chi connectivity index (χ1v) is 15.5. The van der Waals surface area contributed by atoms with Crippen molar-refractivity contribution < 1.29 is 22.7 Å². The first-order valence-electron chi connectivity index (χ1n) is 13.3. The third-order valence-electron chi connectivity index (χ3n) is 6.82. The van der Waals surface area contributed by atoms with Crippen LogP contribution in [0.2, 0.25) is 10.0 Å². The molecule has 0 heterocycles. The van der Waals surface area contributed by atoms with Crippen LogP contribution in [0.25, 0.3) is 0 Å². The van der Waals surface area contributed by atoms with Crippen LogP contribution < -0.4 is 14.4 Å². The molecule has 0 saturated carbocycles. The number of anilines is 1. The van der Waals surface area contributed by atoms with Crippen LogP contribution in [0.1, 0.15) is 11.1 Å². The summed E-state index contributed by atoms with van der Waals surface area (Å²) in [6, 6.07) is 27.5. The van der Waals surface area contributed by atoms with E-state index in [9.17, 15) is 18.0 Å². The summed E-state index contributed by atoms with van der Waals surface area (Å²) in [6.07, 6.45) is 0.199. The van der Waals surface area contributed by atoms with Gasteiger partial charge in [-0.25, -0.2) is 8.42 Å². The Morgan fingerprint density at radius 2 is 1.47 bits per heavy atom. The van der Waals surface area contributed by atoms with E-state index in [1.807, 2.05) is 30.3 Å². The number of amides is 2. The van der Waals surface area contributed by atoms with Crippen molar-refractivity contribution in [3.63, 3.8) is 0 Å². The second-order valence-corrected chi connectivity index (χ2v) is 12.3. The molecule has 224 valence electrons. The highest BCUT2D eigenvalue weighted by molar-refractivity contribution is 7.92. The molecule has 4 rings (SSSR count). The first-order chi connectivity index (χ1) is 20.6. The third-order valence-corrected chi connectivity index (χ3v) is 9.35. The number of ether oxygens (including phenoxy) is 1. The van der Waals surface area contributed by atoms with Gasteiger partial charge in [0.25, 0.3) is 10.0 Å². The fourth-order valence-electron chi connectivity index (χ4n) is 4.55. The number of methoxy groups -OCH3 is 1. The highest BCUT2D eigenvalue weighted by atomic mass is 35.5. The molecule has 0 spiro atoms. The van der Waals surface area contributed by atoms with E-state index < -0.39 is 34.4 Å². The Morgan fingerprint density at radius 3 is 2.05 bits per heavy atom. The van der Waals surface area contributed by atoms with Crippen LogP contribution in [0.5, 0.6) is 5.75 Å². The quantitative estimate of drug-likeness (QED) is 0.218. The molecule has 43 heavy (non-hydrogen) atoms. The van der Waals surface area contributed by atoms with E-state index in [0.717, 1.165) is 9.87 Å². The van der Waals surface area contributed by atoms with Gasteiger partial charge in [-0.2, -0.15) is 0 Å². The van der Waals surface area contributed by atoms with Crippen LogP contribution in [0.3, 0.4) is 0 Å². The summed E-state index contributed by atoms with van der Waals surface area (Å²) in [5.74, 6) is -0.499. The van der Waals surface area contributed by atoms with Gasteiger partial charge in [-0.05, 0) is 59.7 Å². The standard InChI is InChI=1S/C32H31Cl2N3O5S/c1-35-32(39)30(20-23-9-5-3-6-10-23)36(21-24-13-18-28(33)29(34)19-24)31(38)22-37(25-11-7-4-8-12-25)43(40,41)27-16-14-26(42-2)15-17-27/h3-19,30H,20-22H2,1-2H3,(H,35,39)/t30-/m1/s1. The Morgan fingerprint density at radius 1 is 0.837 bits per heavy atom. The molecular formula is C32H31Cl2N3O5S. The Balaban J connectivity index is 1.77. The number of para-hydroxylation sites is 1. The van der Waals surface area contributed by atoms with Gasteiger partial charge in [0.05, 0.1) is 27.7 Å². The fraction of sp³-hybridized carbons (Fsp3) is 0.188. The van der Waals surface area contributed by atoms with Crippen molar-refractivity contribution in [3.8, 4) is 5.75 Å². The van der Waals surface area contributed by atoms with Crippen molar-refractivity contribution >= 4 is 50.7 Å². The number of hydrogen-bond acceptors (Lipinski definition) is 5. The summed E-state index contributed by atoms with van der Waals surface area (Å²) in [6.45, 7) is -0.589.